The molecule has 1 aromatic heterocycles. The van der Waals surface area contributed by atoms with Gasteiger partial charge in [-0.2, -0.15) is 5.10 Å². The summed E-state index contributed by atoms with van der Waals surface area (Å²) < 4.78 is 1.68. The number of hydrogen-bond donors (Lipinski definition) is 1. The molecular weight excluding hydrogens is 234 g/mol. The first kappa shape index (κ1) is 12.6. The largest absolute Gasteiger partial charge is 0.478 e. The fourth-order valence-electron chi connectivity index (χ4n) is 2.27. The van der Waals surface area contributed by atoms with E-state index in [1.54, 1.807) is 17.8 Å². The maximum Gasteiger partial charge on any atom is 0.338 e. The van der Waals surface area contributed by atoms with E-state index in [4.69, 9.17) is 5.11 Å². The Morgan fingerprint density at radius 1 is 1.44 bits per heavy atom. The lowest BCUT2D eigenvalue weighted by atomic mass is 9.97. The minimum atomic E-state index is -0.951. The van der Waals surface area contributed by atoms with Gasteiger partial charge in [0.25, 0.3) is 0 Å². The number of aromatic nitrogens is 2. The maximum absolute atomic E-state index is 11.2. The lowest BCUT2D eigenvalue weighted by Crippen LogP contribution is -2.38. The zero-order chi connectivity index (χ0) is 13.1. The van der Waals surface area contributed by atoms with Crippen LogP contribution in [0.4, 0.5) is 0 Å². The Morgan fingerprint density at radius 2 is 2.11 bits per heavy atom. The number of amides is 1. The summed E-state index contributed by atoms with van der Waals surface area (Å²) in [4.78, 5) is 23.8. The fraction of sp³-hybridized carbons (Fsp3) is 0.583. The zero-order valence-electron chi connectivity index (χ0n) is 10.4. The van der Waals surface area contributed by atoms with Gasteiger partial charge in [0.2, 0.25) is 5.91 Å². The molecule has 0 unspecified atom stereocenters. The standard InChI is InChI=1S/C12H17N3O3/c1-9(16)14-4-2-10(3-5-14)7-15-8-11(6-13-15)12(17)18/h6,8,10H,2-5,7H2,1H3,(H,17,18). The molecule has 0 spiro atoms. The molecule has 0 atom stereocenters. The Kier molecular flexibility index (Phi) is 3.64. The third-order valence-corrected chi connectivity index (χ3v) is 3.39. The second-order valence-electron chi connectivity index (χ2n) is 4.71. The third-order valence-electron chi connectivity index (χ3n) is 3.39. The van der Waals surface area contributed by atoms with Crippen LogP contribution in [0.3, 0.4) is 0 Å². The monoisotopic (exact) mass is 251 g/mol. The van der Waals surface area contributed by atoms with E-state index in [0.29, 0.717) is 5.92 Å². The summed E-state index contributed by atoms with van der Waals surface area (Å²) in [6, 6.07) is 0. The second kappa shape index (κ2) is 5.20. The molecule has 0 aliphatic carbocycles. The molecule has 1 aliphatic rings. The number of carbonyl (C=O) groups excluding carboxylic acids is 1. The molecule has 0 saturated carbocycles. The first-order valence-electron chi connectivity index (χ1n) is 6.07. The molecular formula is C12H17N3O3. The number of piperidine rings is 1. The van der Waals surface area contributed by atoms with Crippen LogP contribution in [0.2, 0.25) is 0 Å². The van der Waals surface area contributed by atoms with Crippen LogP contribution in [0.15, 0.2) is 12.4 Å². The third kappa shape index (κ3) is 2.88. The van der Waals surface area contributed by atoms with Crippen molar-refractivity contribution in [1.82, 2.24) is 14.7 Å². The van der Waals surface area contributed by atoms with Crippen molar-refractivity contribution in [2.45, 2.75) is 26.3 Å². The van der Waals surface area contributed by atoms with Crippen molar-refractivity contribution < 1.29 is 14.7 Å². The summed E-state index contributed by atoms with van der Waals surface area (Å²) in [5.41, 5.74) is 0.219. The number of hydrogen-bond acceptors (Lipinski definition) is 3. The summed E-state index contributed by atoms with van der Waals surface area (Å²) in [6.45, 7) is 3.88. The summed E-state index contributed by atoms with van der Waals surface area (Å²) in [6.07, 6.45) is 4.82. The highest BCUT2D eigenvalue weighted by Gasteiger charge is 2.21. The normalized spacial score (nSPS) is 16.8. The van der Waals surface area contributed by atoms with Crippen molar-refractivity contribution >= 4 is 11.9 Å². The minimum Gasteiger partial charge on any atom is -0.478 e. The van der Waals surface area contributed by atoms with Crippen LogP contribution in [0, 0.1) is 5.92 Å². The minimum absolute atomic E-state index is 0.126. The van der Waals surface area contributed by atoms with Crippen molar-refractivity contribution in [3.05, 3.63) is 18.0 Å². The highest BCUT2D eigenvalue weighted by molar-refractivity contribution is 5.86. The number of carbonyl (C=O) groups is 2. The van der Waals surface area contributed by atoms with Crippen molar-refractivity contribution in [1.29, 1.82) is 0 Å². The SMILES string of the molecule is CC(=O)N1CCC(Cn2cc(C(=O)O)cn2)CC1. The van der Waals surface area contributed by atoms with E-state index in [1.165, 1.54) is 6.20 Å². The zero-order valence-corrected chi connectivity index (χ0v) is 10.4. The van der Waals surface area contributed by atoms with E-state index < -0.39 is 5.97 Å². The summed E-state index contributed by atoms with van der Waals surface area (Å²) in [5.74, 6) is -0.365. The first-order chi connectivity index (χ1) is 8.56. The average molecular weight is 251 g/mol. The molecule has 1 N–H and O–H groups in total. The van der Waals surface area contributed by atoms with Gasteiger partial charge in [-0.3, -0.25) is 9.48 Å². The van der Waals surface area contributed by atoms with E-state index in [0.717, 1.165) is 32.5 Å². The van der Waals surface area contributed by atoms with Gasteiger partial charge in [0, 0.05) is 32.8 Å². The second-order valence-corrected chi connectivity index (χ2v) is 4.71. The van der Waals surface area contributed by atoms with Gasteiger partial charge in [-0.25, -0.2) is 4.79 Å². The van der Waals surface area contributed by atoms with Gasteiger partial charge >= 0.3 is 5.97 Å². The summed E-state index contributed by atoms with van der Waals surface area (Å²) in [5, 5.41) is 12.8. The molecule has 1 fully saturated rings. The van der Waals surface area contributed by atoms with E-state index in [-0.39, 0.29) is 11.5 Å². The number of aromatic carboxylic acids is 1. The fourth-order valence-corrected chi connectivity index (χ4v) is 2.27. The van der Waals surface area contributed by atoms with Crippen LogP contribution < -0.4 is 0 Å². The Balaban J connectivity index is 1.87. The molecule has 1 aromatic rings. The van der Waals surface area contributed by atoms with Gasteiger partial charge in [-0.15, -0.1) is 0 Å². The van der Waals surface area contributed by atoms with E-state index in [2.05, 4.69) is 5.10 Å². The van der Waals surface area contributed by atoms with Crippen molar-refractivity contribution in [3.8, 4) is 0 Å². The number of rotatable bonds is 3. The van der Waals surface area contributed by atoms with Gasteiger partial charge in [0.1, 0.15) is 0 Å². The van der Waals surface area contributed by atoms with Crippen LogP contribution >= 0.6 is 0 Å². The average Bonchev–Trinajstić information content (AvgIpc) is 2.78. The Morgan fingerprint density at radius 3 is 2.61 bits per heavy atom. The Bertz CT molecular complexity index is 447. The highest BCUT2D eigenvalue weighted by Crippen LogP contribution is 2.19. The van der Waals surface area contributed by atoms with Crippen molar-refractivity contribution in [2.24, 2.45) is 5.92 Å². The molecule has 2 heterocycles. The van der Waals surface area contributed by atoms with Crippen molar-refractivity contribution in [2.75, 3.05) is 13.1 Å². The summed E-state index contributed by atoms with van der Waals surface area (Å²) in [7, 11) is 0. The molecule has 18 heavy (non-hydrogen) atoms. The van der Waals surface area contributed by atoms with Crippen LogP contribution in [-0.2, 0) is 11.3 Å². The van der Waals surface area contributed by atoms with Gasteiger partial charge in [-0.05, 0) is 18.8 Å². The molecule has 6 heteroatoms. The quantitative estimate of drug-likeness (QED) is 0.863. The molecule has 1 amide bonds. The van der Waals surface area contributed by atoms with Gasteiger partial charge in [-0.1, -0.05) is 0 Å². The summed E-state index contributed by atoms with van der Waals surface area (Å²) >= 11 is 0. The topological polar surface area (TPSA) is 75.4 Å². The molecule has 1 saturated heterocycles. The molecule has 0 radical (unpaired) electrons. The van der Waals surface area contributed by atoms with E-state index >= 15 is 0 Å². The van der Waals surface area contributed by atoms with Crippen LogP contribution in [0.5, 0.6) is 0 Å². The van der Waals surface area contributed by atoms with E-state index in [9.17, 15) is 9.59 Å². The van der Waals surface area contributed by atoms with Crippen LogP contribution in [-0.4, -0.2) is 44.8 Å². The molecule has 1 aliphatic heterocycles. The number of likely N-dealkylation sites (tertiary alicyclic amines) is 1. The smallest absolute Gasteiger partial charge is 0.338 e. The van der Waals surface area contributed by atoms with Crippen molar-refractivity contribution in [3.63, 3.8) is 0 Å². The Hall–Kier alpha value is -1.85. The molecule has 6 nitrogen and oxygen atoms in total. The predicted octanol–water partition coefficient (Wildman–Crippen LogP) is 0.840. The predicted molar refractivity (Wildman–Crippen MR) is 64.2 cm³/mol. The van der Waals surface area contributed by atoms with Crippen LogP contribution in [0.25, 0.3) is 0 Å². The van der Waals surface area contributed by atoms with Gasteiger partial charge < -0.3 is 10.0 Å². The number of nitrogens with zero attached hydrogens (tertiary/aromatic N) is 3. The number of carboxylic acids is 1. The first-order valence-corrected chi connectivity index (χ1v) is 6.07. The van der Waals surface area contributed by atoms with E-state index in [1.807, 2.05) is 4.90 Å². The lowest BCUT2D eigenvalue weighted by molar-refractivity contribution is -0.130. The molecule has 2 rings (SSSR count). The number of carboxylic acid groups (broad SMARTS) is 1. The lowest BCUT2D eigenvalue weighted by Gasteiger charge is -2.31. The van der Waals surface area contributed by atoms with Gasteiger partial charge in [0.05, 0.1) is 11.8 Å². The highest BCUT2D eigenvalue weighted by atomic mass is 16.4. The van der Waals surface area contributed by atoms with Crippen LogP contribution in [0.1, 0.15) is 30.1 Å². The Labute approximate surface area is 105 Å². The van der Waals surface area contributed by atoms with Gasteiger partial charge in [0.15, 0.2) is 0 Å². The molecule has 98 valence electrons. The molecule has 0 bridgehead atoms. The maximum atomic E-state index is 11.2. The molecule has 0 aromatic carbocycles.